The maximum Gasteiger partial charge on any atom is 0.255 e. The van der Waals surface area contributed by atoms with E-state index >= 15 is 0 Å². The summed E-state index contributed by atoms with van der Waals surface area (Å²) in [5.74, 6) is 0.665. The zero-order chi connectivity index (χ0) is 13.8. The number of nitrogens with zero attached hydrogens (tertiary/aromatic N) is 2. The van der Waals surface area contributed by atoms with Crippen LogP contribution in [0, 0.1) is 5.92 Å². The lowest BCUT2D eigenvalue weighted by Gasteiger charge is -2.31. The molecule has 104 valence electrons. The second kappa shape index (κ2) is 6.21. The lowest BCUT2D eigenvalue weighted by Crippen LogP contribution is -2.41. The van der Waals surface area contributed by atoms with Crippen molar-refractivity contribution in [1.29, 1.82) is 0 Å². The molecular formula is C13H18ClN3O2. The van der Waals surface area contributed by atoms with Gasteiger partial charge in [-0.05, 0) is 24.8 Å². The number of rotatable bonds is 3. The first kappa shape index (κ1) is 14.1. The van der Waals surface area contributed by atoms with Gasteiger partial charge in [-0.25, -0.2) is 4.98 Å². The number of likely N-dealkylation sites (tertiary alicyclic amines) is 1. The largest absolute Gasteiger partial charge is 0.396 e. The highest BCUT2D eigenvalue weighted by molar-refractivity contribution is 6.33. The van der Waals surface area contributed by atoms with E-state index in [0.717, 1.165) is 19.4 Å². The van der Waals surface area contributed by atoms with Crippen molar-refractivity contribution in [3.05, 3.63) is 22.8 Å². The Balaban J connectivity index is 2.12. The Morgan fingerprint density at radius 3 is 3.11 bits per heavy atom. The fourth-order valence-electron chi connectivity index (χ4n) is 2.32. The van der Waals surface area contributed by atoms with Gasteiger partial charge in [0.25, 0.3) is 5.91 Å². The van der Waals surface area contributed by atoms with Crippen LogP contribution in [0.4, 0.5) is 5.82 Å². The zero-order valence-electron chi connectivity index (χ0n) is 10.9. The molecule has 1 aromatic rings. The fourth-order valence-corrected chi connectivity index (χ4v) is 2.58. The van der Waals surface area contributed by atoms with Crippen LogP contribution >= 0.6 is 11.6 Å². The normalized spacial score (nSPS) is 19.3. The van der Waals surface area contributed by atoms with E-state index in [0.29, 0.717) is 22.9 Å². The maximum atomic E-state index is 12.3. The Hall–Kier alpha value is -1.33. The molecule has 1 amide bonds. The molecule has 0 radical (unpaired) electrons. The van der Waals surface area contributed by atoms with E-state index in [9.17, 15) is 9.90 Å². The lowest BCUT2D eigenvalue weighted by molar-refractivity contribution is 0.0620. The first-order valence-corrected chi connectivity index (χ1v) is 6.77. The molecule has 1 unspecified atom stereocenters. The van der Waals surface area contributed by atoms with Crippen molar-refractivity contribution in [2.75, 3.05) is 32.1 Å². The van der Waals surface area contributed by atoms with Crippen molar-refractivity contribution in [2.45, 2.75) is 12.8 Å². The van der Waals surface area contributed by atoms with Gasteiger partial charge in [0.15, 0.2) is 0 Å². The monoisotopic (exact) mass is 283 g/mol. The third-order valence-electron chi connectivity index (χ3n) is 3.39. The average Bonchev–Trinajstić information content (AvgIpc) is 2.46. The Morgan fingerprint density at radius 1 is 1.68 bits per heavy atom. The number of nitrogens with one attached hydrogen (secondary N) is 1. The van der Waals surface area contributed by atoms with Gasteiger partial charge in [-0.2, -0.15) is 0 Å². The van der Waals surface area contributed by atoms with Crippen LogP contribution in [0.2, 0.25) is 5.02 Å². The molecule has 1 atom stereocenters. The van der Waals surface area contributed by atoms with Crippen LogP contribution in [-0.4, -0.2) is 47.6 Å². The van der Waals surface area contributed by atoms with E-state index in [2.05, 4.69) is 10.3 Å². The number of aromatic nitrogens is 1. The van der Waals surface area contributed by atoms with Gasteiger partial charge in [-0.3, -0.25) is 4.79 Å². The van der Waals surface area contributed by atoms with E-state index in [1.807, 2.05) is 0 Å². The molecule has 5 nitrogen and oxygen atoms in total. The molecule has 0 aliphatic carbocycles. The SMILES string of the molecule is CNc1ncc(C(=O)N2CCCC(CO)C2)cc1Cl. The first-order valence-electron chi connectivity index (χ1n) is 6.39. The highest BCUT2D eigenvalue weighted by atomic mass is 35.5. The summed E-state index contributed by atoms with van der Waals surface area (Å²) >= 11 is 6.03. The zero-order valence-corrected chi connectivity index (χ0v) is 11.7. The van der Waals surface area contributed by atoms with Crippen LogP contribution in [0.1, 0.15) is 23.2 Å². The van der Waals surface area contributed by atoms with Gasteiger partial charge < -0.3 is 15.3 Å². The van der Waals surface area contributed by atoms with E-state index < -0.39 is 0 Å². The topological polar surface area (TPSA) is 65.5 Å². The molecule has 2 heterocycles. The van der Waals surface area contributed by atoms with Gasteiger partial charge >= 0.3 is 0 Å². The second-order valence-corrected chi connectivity index (χ2v) is 5.15. The number of anilines is 1. The number of piperidine rings is 1. The number of aliphatic hydroxyl groups is 1. The minimum absolute atomic E-state index is 0.0739. The van der Waals surface area contributed by atoms with Crippen LogP contribution in [0.25, 0.3) is 0 Å². The number of hydrogen-bond acceptors (Lipinski definition) is 4. The summed E-state index contributed by atoms with van der Waals surface area (Å²) < 4.78 is 0. The standard InChI is InChI=1S/C13H18ClN3O2/c1-15-12-11(14)5-10(6-16-12)13(19)17-4-2-3-9(7-17)8-18/h5-6,9,18H,2-4,7-8H2,1H3,(H,15,16). The number of aliphatic hydroxyl groups excluding tert-OH is 1. The number of halogens is 1. The summed E-state index contributed by atoms with van der Waals surface area (Å²) in [4.78, 5) is 18.2. The molecule has 19 heavy (non-hydrogen) atoms. The van der Waals surface area contributed by atoms with Crippen molar-refractivity contribution in [2.24, 2.45) is 5.92 Å². The van der Waals surface area contributed by atoms with Crippen LogP contribution in [0.3, 0.4) is 0 Å². The number of pyridine rings is 1. The molecule has 0 saturated carbocycles. The lowest BCUT2D eigenvalue weighted by atomic mass is 9.98. The summed E-state index contributed by atoms with van der Waals surface area (Å²) in [6, 6.07) is 1.63. The van der Waals surface area contributed by atoms with Crippen molar-refractivity contribution >= 4 is 23.3 Å². The van der Waals surface area contributed by atoms with Gasteiger partial charge in [0, 0.05) is 32.9 Å². The van der Waals surface area contributed by atoms with Gasteiger partial charge in [0.2, 0.25) is 0 Å². The summed E-state index contributed by atoms with van der Waals surface area (Å²) in [5, 5.41) is 12.5. The molecule has 1 aliphatic rings. The summed E-state index contributed by atoms with van der Waals surface area (Å²) in [5.41, 5.74) is 0.489. The van der Waals surface area contributed by atoms with Crippen LogP contribution in [0.5, 0.6) is 0 Å². The molecule has 0 bridgehead atoms. The first-order chi connectivity index (χ1) is 9.15. The Morgan fingerprint density at radius 2 is 2.47 bits per heavy atom. The molecule has 1 fully saturated rings. The van der Waals surface area contributed by atoms with Gasteiger partial charge in [0.05, 0.1) is 10.6 Å². The highest BCUT2D eigenvalue weighted by Gasteiger charge is 2.24. The van der Waals surface area contributed by atoms with Crippen LogP contribution < -0.4 is 5.32 Å². The minimum Gasteiger partial charge on any atom is -0.396 e. The van der Waals surface area contributed by atoms with Crippen LogP contribution in [-0.2, 0) is 0 Å². The molecule has 0 aromatic carbocycles. The molecular weight excluding hydrogens is 266 g/mol. The smallest absolute Gasteiger partial charge is 0.255 e. The fraction of sp³-hybridized carbons (Fsp3) is 0.538. The van der Waals surface area contributed by atoms with E-state index in [1.54, 1.807) is 18.0 Å². The van der Waals surface area contributed by atoms with Crippen molar-refractivity contribution < 1.29 is 9.90 Å². The molecule has 6 heteroatoms. The summed E-state index contributed by atoms with van der Waals surface area (Å²) in [6.45, 7) is 1.45. The molecule has 1 aliphatic heterocycles. The molecule has 2 rings (SSSR count). The van der Waals surface area contributed by atoms with Gasteiger partial charge in [-0.1, -0.05) is 11.6 Å². The van der Waals surface area contributed by atoms with Gasteiger partial charge in [0.1, 0.15) is 5.82 Å². The minimum atomic E-state index is -0.0739. The van der Waals surface area contributed by atoms with Gasteiger partial charge in [-0.15, -0.1) is 0 Å². The summed E-state index contributed by atoms with van der Waals surface area (Å²) in [7, 11) is 1.73. The van der Waals surface area contributed by atoms with E-state index in [4.69, 9.17) is 11.6 Å². The Kier molecular flexibility index (Phi) is 4.61. The predicted octanol–water partition coefficient (Wildman–Crippen LogP) is 1.62. The quantitative estimate of drug-likeness (QED) is 0.885. The Labute approximate surface area is 117 Å². The summed E-state index contributed by atoms with van der Waals surface area (Å²) in [6.07, 6.45) is 3.42. The third kappa shape index (κ3) is 3.16. The number of carbonyl (C=O) groups is 1. The van der Waals surface area contributed by atoms with Crippen LogP contribution in [0.15, 0.2) is 12.3 Å². The van der Waals surface area contributed by atoms with E-state index in [1.165, 1.54) is 6.20 Å². The molecule has 1 aromatic heterocycles. The number of amides is 1. The maximum absolute atomic E-state index is 12.3. The Bertz CT molecular complexity index is 467. The molecule has 0 spiro atoms. The second-order valence-electron chi connectivity index (χ2n) is 4.75. The highest BCUT2D eigenvalue weighted by Crippen LogP contribution is 2.22. The van der Waals surface area contributed by atoms with E-state index in [-0.39, 0.29) is 18.4 Å². The predicted molar refractivity (Wildman–Crippen MR) is 74.5 cm³/mol. The number of carbonyl (C=O) groups excluding carboxylic acids is 1. The van der Waals surface area contributed by atoms with Crippen molar-refractivity contribution in [1.82, 2.24) is 9.88 Å². The van der Waals surface area contributed by atoms with Crippen molar-refractivity contribution in [3.63, 3.8) is 0 Å². The molecule has 1 saturated heterocycles. The molecule has 2 N–H and O–H groups in total. The third-order valence-corrected chi connectivity index (χ3v) is 3.68. The van der Waals surface area contributed by atoms with Crippen molar-refractivity contribution in [3.8, 4) is 0 Å². The average molecular weight is 284 g/mol. The number of hydrogen-bond donors (Lipinski definition) is 2.